The van der Waals surface area contributed by atoms with Gasteiger partial charge in [-0.25, -0.2) is 4.79 Å². The number of hydrogen-bond donors (Lipinski definition) is 2. The van der Waals surface area contributed by atoms with Gasteiger partial charge in [0.2, 0.25) is 0 Å². The molecule has 0 heterocycles. The van der Waals surface area contributed by atoms with E-state index >= 15 is 0 Å². The SMILES string of the molecule is CCOC(=O)CNC(=O)NC1CC=CC1. The Labute approximate surface area is 88.9 Å². The fourth-order valence-corrected chi connectivity index (χ4v) is 1.34. The topological polar surface area (TPSA) is 67.4 Å². The van der Waals surface area contributed by atoms with Gasteiger partial charge in [-0.05, 0) is 19.8 Å². The predicted molar refractivity (Wildman–Crippen MR) is 55.3 cm³/mol. The van der Waals surface area contributed by atoms with E-state index in [1.807, 2.05) is 12.2 Å². The molecule has 0 radical (unpaired) electrons. The summed E-state index contributed by atoms with van der Waals surface area (Å²) in [7, 11) is 0. The molecule has 0 aliphatic heterocycles. The van der Waals surface area contributed by atoms with E-state index in [0.717, 1.165) is 12.8 Å². The van der Waals surface area contributed by atoms with E-state index in [1.165, 1.54) is 0 Å². The third kappa shape index (κ3) is 4.49. The van der Waals surface area contributed by atoms with Crippen molar-refractivity contribution in [2.24, 2.45) is 0 Å². The Morgan fingerprint density at radius 3 is 2.67 bits per heavy atom. The highest BCUT2D eigenvalue weighted by molar-refractivity contribution is 5.80. The molecule has 15 heavy (non-hydrogen) atoms. The molecule has 0 saturated heterocycles. The van der Waals surface area contributed by atoms with Crippen LogP contribution in [-0.2, 0) is 9.53 Å². The Morgan fingerprint density at radius 1 is 1.40 bits per heavy atom. The van der Waals surface area contributed by atoms with Crippen LogP contribution in [0.5, 0.6) is 0 Å². The normalized spacial score (nSPS) is 15.0. The van der Waals surface area contributed by atoms with Gasteiger partial charge in [-0.2, -0.15) is 0 Å². The monoisotopic (exact) mass is 212 g/mol. The molecule has 84 valence electrons. The molecule has 0 fully saturated rings. The van der Waals surface area contributed by atoms with Crippen LogP contribution in [0.3, 0.4) is 0 Å². The molecule has 0 atom stereocenters. The summed E-state index contributed by atoms with van der Waals surface area (Å²) < 4.78 is 4.67. The van der Waals surface area contributed by atoms with Crippen molar-refractivity contribution < 1.29 is 14.3 Å². The fourth-order valence-electron chi connectivity index (χ4n) is 1.34. The molecule has 1 aliphatic rings. The fraction of sp³-hybridized carbons (Fsp3) is 0.600. The lowest BCUT2D eigenvalue weighted by atomic mass is 10.2. The summed E-state index contributed by atoms with van der Waals surface area (Å²) in [4.78, 5) is 22.2. The van der Waals surface area contributed by atoms with Crippen molar-refractivity contribution in [3.05, 3.63) is 12.2 Å². The van der Waals surface area contributed by atoms with Crippen LogP contribution in [-0.4, -0.2) is 31.2 Å². The summed E-state index contributed by atoms with van der Waals surface area (Å²) in [6.45, 7) is 1.97. The van der Waals surface area contributed by atoms with Crippen LogP contribution in [0.1, 0.15) is 19.8 Å². The van der Waals surface area contributed by atoms with Crippen molar-refractivity contribution in [2.75, 3.05) is 13.2 Å². The molecule has 1 aliphatic carbocycles. The van der Waals surface area contributed by atoms with Gasteiger partial charge in [-0.3, -0.25) is 4.79 Å². The maximum absolute atomic E-state index is 11.2. The minimum absolute atomic E-state index is 0.0835. The van der Waals surface area contributed by atoms with E-state index in [2.05, 4.69) is 15.4 Å². The molecule has 0 aromatic carbocycles. The standard InChI is InChI=1S/C10H16N2O3/c1-2-15-9(13)7-11-10(14)12-8-5-3-4-6-8/h3-4,8H,2,5-7H2,1H3,(H2,11,12,14). The van der Waals surface area contributed by atoms with Crippen molar-refractivity contribution in [1.29, 1.82) is 0 Å². The molecule has 2 N–H and O–H groups in total. The van der Waals surface area contributed by atoms with E-state index in [0.29, 0.717) is 6.61 Å². The lowest BCUT2D eigenvalue weighted by molar-refractivity contribution is -0.141. The molecular formula is C10H16N2O3. The minimum atomic E-state index is -0.419. The quantitative estimate of drug-likeness (QED) is 0.528. The number of rotatable bonds is 4. The first kappa shape index (κ1) is 11.6. The second kappa shape index (κ2) is 6.06. The number of nitrogens with one attached hydrogen (secondary N) is 2. The first-order valence-electron chi connectivity index (χ1n) is 5.07. The average molecular weight is 212 g/mol. The lowest BCUT2D eigenvalue weighted by Gasteiger charge is -2.12. The van der Waals surface area contributed by atoms with Crippen LogP contribution in [0, 0.1) is 0 Å². The zero-order chi connectivity index (χ0) is 11.1. The number of urea groups is 1. The molecule has 2 amide bonds. The van der Waals surface area contributed by atoms with Crippen molar-refractivity contribution in [3.63, 3.8) is 0 Å². The smallest absolute Gasteiger partial charge is 0.325 e. The number of carbonyl (C=O) groups is 2. The largest absolute Gasteiger partial charge is 0.465 e. The molecule has 5 heteroatoms. The summed E-state index contributed by atoms with van der Waals surface area (Å²) in [6.07, 6.45) is 5.76. The predicted octanol–water partition coefficient (Wildman–Crippen LogP) is 0.567. The zero-order valence-corrected chi connectivity index (χ0v) is 8.79. The van der Waals surface area contributed by atoms with Crippen LogP contribution in [0.4, 0.5) is 4.79 Å². The van der Waals surface area contributed by atoms with Crippen molar-refractivity contribution in [1.82, 2.24) is 10.6 Å². The zero-order valence-electron chi connectivity index (χ0n) is 8.79. The van der Waals surface area contributed by atoms with Gasteiger partial charge in [0.05, 0.1) is 6.61 Å². The van der Waals surface area contributed by atoms with Crippen LogP contribution < -0.4 is 10.6 Å². The van der Waals surface area contributed by atoms with E-state index in [4.69, 9.17) is 0 Å². The number of hydrogen-bond acceptors (Lipinski definition) is 3. The van der Waals surface area contributed by atoms with Gasteiger partial charge in [-0.15, -0.1) is 0 Å². The van der Waals surface area contributed by atoms with E-state index in [1.54, 1.807) is 6.92 Å². The van der Waals surface area contributed by atoms with Gasteiger partial charge < -0.3 is 15.4 Å². The number of amides is 2. The summed E-state index contributed by atoms with van der Waals surface area (Å²) in [5.41, 5.74) is 0. The first-order valence-corrected chi connectivity index (χ1v) is 5.07. The maximum Gasteiger partial charge on any atom is 0.325 e. The molecule has 1 rings (SSSR count). The van der Waals surface area contributed by atoms with Gasteiger partial charge in [0.25, 0.3) is 0 Å². The Kier molecular flexibility index (Phi) is 4.66. The summed E-state index contributed by atoms with van der Waals surface area (Å²) in [5.74, 6) is -0.419. The van der Waals surface area contributed by atoms with Gasteiger partial charge in [0.1, 0.15) is 6.54 Å². The van der Waals surface area contributed by atoms with E-state index in [9.17, 15) is 9.59 Å². The van der Waals surface area contributed by atoms with Gasteiger partial charge in [0, 0.05) is 6.04 Å². The third-order valence-corrected chi connectivity index (χ3v) is 2.04. The Bertz CT molecular complexity index is 255. The highest BCUT2D eigenvalue weighted by Crippen LogP contribution is 2.08. The third-order valence-electron chi connectivity index (χ3n) is 2.04. The molecule has 5 nitrogen and oxygen atoms in total. The van der Waals surface area contributed by atoms with Gasteiger partial charge in [-0.1, -0.05) is 12.2 Å². The molecule has 0 bridgehead atoms. The molecule has 0 unspecified atom stereocenters. The second-order valence-electron chi connectivity index (χ2n) is 3.27. The summed E-state index contributed by atoms with van der Waals surface area (Å²) in [6, 6.07) is -0.163. The number of esters is 1. The summed E-state index contributed by atoms with van der Waals surface area (Å²) >= 11 is 0. The number of carbonyl (C=O) groups excluding carboxylic acids is 2. The van der Waals surface area contributed by atoms with Crippen molar-refractivity contribution >= 4 is 12.0 Å². The van der Waals surface area contributed by atoms with E-state index < -0.39 is 5.97 Å². The van der Waals surface area contributed by atoms with Crippen LogP contribution >= 0.6 is 0 Å². The van der Waals surface area contributed by atoms with Gasteiger partial charge in [0.15, 0.2) is 0 Å². The van der Waals surface area contributed by atoms with Crippen molar-refractivity contribution in [3.8, 4) is 0 Å². The van der Waals surface area contributed by atoms with Crippen molar-refractivity contribution in [2.45, 2.75) is 25.8 Å². The second-order valence-corrected chi connectivity index (χ2v) is 3.27. The molecule has 0 saturated carbocycles. The molecule has 0 aromatic heterocycles. The Balaban J connectivity index is 2.10. The number of ether oxygens (including phenoxy) is 1. The molecule has 0 spiro atoms. The highest BCUT2D eigenvalue weighted by atomic mass is 16.5. The highest BCUT2D eigenvalue weighted by Gasteiger charge is 2.13. The van der Waals surface area contributed by atoms with Crippen LogP contribution in [0.15, 0.2) is 12.2 Å². The lowest BCUT2D eigenvalue weighted by Crippen LogP contribution is -2.43. The maximum atomic E-state index is 11.2. The molecular weight excluding hydrogens is 196 g/mol. The summed E-state index contributed by atoms with van der Waals surface area (Å²) in [5, 5.41) is 5.20. The van der Waals surface area contributed by atoms with E-state index in [-0.39, 0.29) is 18.6 Å². The van der Waals surface area contributed by atoms with Crippen LogP contribution in [0.25, 0.3) is 0 Å². The van der Waals surface area contributed by atoms with Crippen LogP contribution in [0.2, 0.25) is 0 Å². The Hall–Kier alpha value is -1.52. The minimum Gasteiger partial charge on any atom is -0.465 e. The molecule has 0 aromatic rings. The van der Waals surface area contributed by atoms with Gasteiger partial charge >= 0.3 is 12.0 Å². The first-order chi connectivity index (χ1) is 7.22. The Morgan fingerprint density at radius 2 is 2.07 bits per heavy atom. The average Bonchev–Trinajstić information content (AvgIpc) is 2.68.